The van der Waals surface area contributed by atoms with Crippen molar-refractivity contribution in [2.24, 2.45) is 5.92 Å². The fraction of sp³-hybridized carbons (Fsp3) is 0.296. The molecular weight excluding hydrogens is 478 g/mol. The smallest absolute Gasteiger partial charge is 0.254 e. The monoisotopic (exact) mass is 505 g/mol. The van der Waals surface area contributed by atoms with E-state index >= 15 is 0 Å². The number of thiazole rings is 1. The first kappa shape index (κ1) is 23.5. The summed E-state index contributed by atoms with van der Waals surface area (Å²) in [5.41, 5.74) is 2.16. The first-order chi connectivity index (χ1) is 17.0. The first-order valence-electron chi connectivity index (χ1n) is 11.7. The van der Waals surface area contributed by atoms with Gasteiger partial charge in [-0.25, -0.2) is 4.98 Å². The van der Waals surface area contributed by atoms with Gasteiger partial charge in [0.1, 0.15) is 5.75 Å². The minimum Gasteiger partial charge on any atom is -0.494 e. The SMILES string of the molecule is CCOc1ccc2nc(NC(=O)[C@@H]3c4ccccc4C(=O)N(CC(C)C)[C@H]3c3cccs3)sc2c1. The van der Waals surface area contributed by atoms with Crippen molar-refractivity contribution in [1.29, 1.82) is 0 Å². The maximum absolute atomic E-state index is 13.9. The van der Waals surface area contributed by atoms with Crippen LogP contribution in [0.25, 0.3) is 10.2 Å². The summed E-state index contributed by atoms with van der Waals surface area (Å²) >= 11 is 2.99. The maximum Gasteiger partial charge on any atom is 0.254 e. The molecule has 35 heavy (non-hydrogen) atoms. The molecule has 1 aliphatic rings. The van der Waals surface area contributed by atoms with Crippen molar-refractivity contribution in [3.8, 4) is 5.75 Å². The third-order valence-electron chi connectivity index (χ3n) is 6.02. The second-order valence-electron chi connectivity index (χ2n) is 8.95. The van der Waals surface area contributed by atoms with Crippen molar-refractivity contribution >= 4 is 49.8 Å². The number of nitrogens with one attached hydrogen (secondary N) is 1. The molecule has 6 nitrogen and oxygen atoms in total. The van der Waals surface area contributed by atoms with E-state index < -0.39 is 5.92 Å². The van der Waals surface area contributed by atoms with Crippen LogP contribution in [0.5, 0.6) is 5.75 Å². The van der Waals surface area contributed by atoms with Crippen LogP contribution in [0.15, 0.2) is 60.0 Å². The summed E-state index contributed by atoms with van der Waals surface area (Å²) in [6.07, 6.45) is 0. The highest BCUT2D eigenvalue weighted by Crippen LogP contribution is 2.45. The number of anilines is 1. The number of carbonyl (C=O) groups excluding carboxylic acids is 2. The highest BCUT2D eigenvalue weighted by atomic mass is 32.1. The molecule has 0 saturated heterocycles. The number of nitrogens with zero attached hydrogens (tertiary/aromatic N) is 2. The van der Waals surface area contributed by atoms with E-state index in [9.17, 15) is 9.59 Å². The molecule has 1 aliphatic heterocycles. The lowest BCUT2D eigenvalue weighted by Crippen LogP contribution is -2.47. The summed E-state index contributed by atoms with van der Waals surface area (Å²) in [5, 5.41) is 5.60. The minimum absolute atomic E-state index is 0.0276. The second-order valence-corrected chi connectivity index (χ2v) is 11.0. The number of hydrogen-bond acceptors (Lipinski definition) is 6. The van der Waals surface area contributed by atoms with Gasteiger partial charge in [-0.1, -0.05) is 49.4 Å². The Morgan fingerprint density at radius 2 is 2.00 bits per heavy atom. The van der Waals surface area contributed by atoms with Gasteiger partial charge in [-0.05, 0) is 54.1 Å². The number of fused-ring (bicyclic) bond motifs is 2. The van der Waals surface area contributed by atoms with Crippen LogP contribution < -0.4 is 10.1 Å². The van der Waals surface area contributed by atoms with Gasteiger partial charge < -0.3 is 15.0 Å². The van der Waals surface area contributed by atoms with Crippen LogP contribution in [0.1, 0.15) is 53.5 Å². The molecule has 0 spiro atoms. The standard InChI is InChI=1S/C27H27N3O3S2/c1-4-33-17-11-12-20-22(14-17)35-27(28-20)29-25(31)23-18-8-5-6-9-19(18)26(32)30(15-16(2)3)24(23)21-10-7-13-34-21/h5-14,16,23-24H,4,15H2,1-3H3,(H,28,29,31)/t23-,24+/m1/s1. The zero-order chi connectivity index (χ0) is 24.5. The lowest BCUT2D eigenvalue weighted by Gasteiger charge is -2.41. The van der Waals surface area contributed by atoms with Crippen molar-refractivity contribution in [3.05, 3.63) is 76.0 Å². The van der Waals surface area contributed by atoms with Crippen LogP contribution in [0.4, 0.5) is 5.13 Å². The van der Waals surface area contributed by atoms with E-state index in [0.717, 1.165) is 26.4 Å². The molecule has 5 rings (SSSR count). The van der Waals surface area contributed by atoms with Crippen molar-refractivity contribution in [2.75, 3.05) is 18.5 Å². The number of ether oxygens (including phenoxy) is 1. The predicted molar refractivity (Wildman–Crippen MR) is 142 cm³/mol. The van der Waals surface area contributed by atoms with Crippen molar-refractivity contribution in [3.63, 3.8) is 0 Å². The molecule has 2 aromatic carbocycles. The zero-order valence-electron chi connectivity index (χ0n) is 19.9. The Hall–Kier alpha value is -3.23. The fourth-order valence-corrected chi connectivity index (χ4v) is 6.42. The van der Waals surface area contributed by atoms with Gasteiger partial charge >= 0.3 is 0 Å². The van der Waals surface area contributed by atoms with Crippen molar-refractivity contribution < 1.29 is 14.3 Å². The minimum atomic E-state index is -0.549. The molecule has 0 radical (unpaired) electrons. The number of benzene rings is 2. The Morgan fingerprint density at radius 1 is 1.17 bits per heavy atom. The Morgan fingerprint density at radius 3 is 2.74 bits per heavy atom. The Kier molecular flexibility index (Phi) is 6.58. The molecule has 2 amide bonds. The van der Waals surface area contributed by atoms with Gasteiger partial charge in [0.25, 0.3) is 5.91 Å². The number of aromatic nitrogens is 1. The van der Waals surface area contributed by atoms with Gasteiger partial charge in [0.05, 0.1) is 28.8 Å². The van der Waals surface area contributed by atoms with E-state index in [-0.39, 0.29) is 23.8 Å². The van der Waals surface area contributed by atoms with E-state index in [4.69, 9.17) is 4.74 Å². The number of amides is 2. The zero-order valence-corrected chi connectivity index (χ0v) is 21.5. The first-order valence-corrected chi connectivity index (χ1v) is 13.4. The summed E-state index contributed by atoms with van der Waals surface area (Å²) in [4.78, 5) is 35.0. The number of carbonyl (C=O) groups is 2. The Balaban J connectivity index is 1.54. The molecule has 4 aromatic rings. The highest BCUT2D eigenvalue weighted by molar-refractivity contribution is 7.22. The summed E-state index contributed by atoms with van der Waals surface area (Å²) < 4.78 is 6.55. The summed E-state index contributed by atoms with van der Waals surface area (Å²) in [6.45, 7) is 7.28. The summed E-state index contributed by atoms with van der Waals surface area (Å²) in [6, 6.07) is 16.8. The van der Waals surface area contributed by atoms with Crippen LogP contribution in [-0.4, -0.2) is 34.8 Å². The largest absolute Gasteiger partial charge is 0.494 e. The van der Waals surface area contributed by atoms with Crippen LogP contribution in [0.3, 0.4) is 0 Å². The topological polar surface area (TPSA) is 71.5 Å². The van der Waals surface area contributed by atoms with Crippen LogP contribution >= 0.6 is 22.7 Å². The lowest BCUT2D eigenvalue weighted by molar-refractivity contribution is -0.119. The van der Waals surface area contributed by atoms with Gasteiger partial charge in [0.2, 0.25) is 5.91 Å². The Bertz CT molecular complexity index is 1360. The van der Waals surface area contributed by atoms with E-state index in [0.29, 0.717) is 23.8 Å². The molecule has 2 aromatic heterocycles. The van der Waals surface area contributed by atoms with Gasteiger partial charge in [-0.3, -0.25) is 9.59 Å². The molecule has 0 unspecified atom stereocenters. The van der Waals surface area contributed by atoms with E-state index in [2.05, 4.69) is 24.1 Å². The molecule has 0 saturated carbocycles. The fourth-order valence-electron chi connectivity index (χ4n) is 4.64. The van der Waals surface area contributed by atoms with E-state index in [1.807, 2.05) is 71.8 Å². The summed E-state index contributed by atoms with van der Waals surface area (Å²) in [5.74, 6) is 0.302. The Labute approximate surface area is 212 Å². The number of hydrogen-bond donors (Lipinski definition) is 1. The molecule has 180 valence electrons. The predicted octanol–water partition coefficient (Wildman–Crippen LogP) is 6.33. The van der Waals surface area contributed by atoms with Gasteiger partial charge in [0, 0.05) is 17.0 Å². The number of thiophene rings is 1. The van der Waals surface area contributed by atoms with Crippen molar-refractivity contribution in [2.45, 2.75) is 32.7 Å². The van der Waals surface area contributed by atoms with Crippen LogP contribution in [0.2, 0.25) is 0 Å². The average Bonchev–Trinajstić information content (AvgIpc) is 3.50. The maximum atomic E-state index is 13.9. The van der Waals surface area contributed by atoms with E-state index in [1.54, 1.807) is 11.3 Å². The summed E-state index contributed by atoms with van der Waals surface area (Å²) in [7, 11) is 0. The van der Waals surface area contributed by atoms with Crippen LogP contribution in [-0.2, 0) is 4.79 Å². The molecule has 1 N–H and O–H groups in total. The lowest BCUT2D eigenvalue weighted by atomic mass is 9.81. The third-order valence-corrected chi connectivity index (χ3v) is 7.90. The third kappa shape index (κ3) is 4.56. The molecule has 3 heterocycles. The van der Waals surface area contributed by atoms with E-state index in [1.165, 1.54) is 11.3 Å². The second kappa shape index (κ2) is 9.79. The molecule has 0 aliphatic carbocycles. The normalized spacial score (nSPS) is 17.6. The highest BCUT2D eigenvalue weighted by Gasteiger charge is 2.44. The molecular formula is C27H27N3O3S2. The van der Waals surface area contributed by atoms with Gasteiger partial charge in [-0.15, -0.1) is 11.3 Å². The quantitative estimate of drug-likeness (QED) is 0.318. The average molecular weight is 506 g/mol. The molecule has 0 fully saturated rings. The van der Waals surface area contributed by atoms with Gasteiger partial charge in [-0.2, -0.15) is 0 Å². The van der Waals surface area contributed by atoms with Crippen molar-refractivity contribution in [1.82, 2.24) is 9.88 Å². The number of rotatable bonds is 7. The molecule has 8 heteroatoms. The van der Waals surface area contributed by atoms with Crippen LogP contribution in [0, 0.1) is 5.92 Å². The molecule has 0 bridgehead atoms. The molecule has 2 atom stereocenters. The van der Waals surface area contributed by atoms with Gasteiger partial charge in [0.15, 0.2) is 5.13 Å².